The fourth-order valence-electron chi connectivity index (χ4n) is 2.34. The second kappa shape index (κ2) is 4.83. The van der Waals surface area contributed by atoms with Crippen LogP contribution in [0, 0.1) is 11.3 Å². The molecule has 1 aromatic heterocycles. The van der Waals surface area contributed by atoms with E-state index in [0.29, 0.717) is 23.8 Å². The van der Waals surface area contributed by atoms with Gasteiger partial charge in [0.05, 0.1) is 0 Å². The van der Waals surface area contributed by atoms with Crippen molar-refractivity contribution in [3.05, 3.63) is 42.0 Å². The summed E-state index contributed by atoms with van der Waals surface area (Å²) in [6.45, 7) is 0.384. The fourth-order valence-corrected chi connectivity index (χ4v) is 2.34. The van der Waals surface area contributed by atoms with Gasteiger partial charge in [0, 0.05) is 30.6 Å². The first kappa shape index (κ1) is 12.5. The number of hydrogen-bond donors (Lipinski definition) is 1. The molecule has 5 nitrogen and oxygen atoms in total. The highest BCUT2D eigenvalue weighted by Crippen LogP contribution is 2.33. The Balaban J connectivity index is 2.02. The maximum Gasteiger partial charge on any atom is 0.231 e. The Morgan fingerprint density at radius 3 is 2.70 bits per heavy atom. The first-order chi connectivity index (χ1) is 9.69. The summed E-state index contributed by atoms with van der Waals surface area (Å²) in [6, 6.07) is 13.0. The van der Waals surface area contributed by atoms with E-state index in [1.807, 2.05) is 30.3 Å². The summed E-state index contributed by atoms with van der Waals surface area (Å²) in [5.74, 6) is 0.762. The van der Waals surface area contributed by atoms with Crippen LogP contribution in [-0.4, -0.2) is 18.5 Å². The fraction of sp³-hybridized carbons (Fsp3) is 0.200. The van der Waals surface area contributed by atoms with E-state index in [-0.39, 0.29) is 18.4 Å². The lowest BCUT2D eigenvalue weighted by Gasteiger charge is -2.12. The number of furan rings is 1. The number of amides is 1. The van der Waals surface area contributed by atoms with Crippen LogP contribution in [0.1, 0.15) is 12.0 Å². The third kappa shape index (κ3) is 2.06. The number of carbonyl (C=O) groups is 1. The predicted molar refractivity (Wildman–Crippen MR) is 73.8 cm³/mol. The van der Waals surface area contributed by atoms with Crippen LogP contribution in [0.3, 0.4) is 0 Å². The number of hydrogen-bond acceptors (Lipinski definition) is 4. The lowest BCUT2D eigenvalue weighted by molar-refractivity contribution is -0.117. The molecule has 20 heavy (non-hydrogen) atoms. The van der Waals surface area contributed by atoms with Gasteiger partial charge in [-0.3, -0.25) is 9.69 Å². The standard InChI is InChI=1S/C15H13N3O2/c16-8-11-6-13(10-4-2-1-3-5-10)20-15(11)18-9-12(17)7-14(18)19/h1-6,12H,7,9,17H2. The van der Waals surface area contributed by atoms with Crippen molar-refractivity contribution in [1.82, 2.24) is 0 Å². The molecule has 2 heterocycles. The summed E-state index contributed by atoms with van der Waals surface area (Å²) < 4.78 is 5.72. The second-order valence-electron chi connectivity index (χ2n) is 4.78. The lowest BCUT2D eigenvalue weighted by Crippen LogP contribution is -2.28. The molecule has 0 saturated carbocycles. The van der Waals surface area contributed by atoms with Gasteiger partial charge in [-0.25, -0.2) is 0 Å². The van der Waals surface area contributed by atoms with E-state index >= 15 is 0 Å². The number of nitrogens with two attached hydrogens (primary N) is 1. The smallest absolute Gasteiger partial charge is 0.231 e. The number of nitriles is 1. The molecule has 0 spiro atoms. The molecule has 1 atom stereocenters. The van der Waals surface area contributed by atoms with Gasteiger partial charge in [0.1, 0.15) is 17.4 Å². The molecule has 1 unspecified atom stereocenters. The number of carbonyl (C=O) groups excluding carboxylic acids is 1. The number of rotatable bonds is 2. The molecule has 1 aliphatic heterocycles. The molecule has 1 amide bonds. The van der Waals surface area contributed by atoms with Gasteiger partial charge >= 0.3 is 0 Å². The highest BCUT2D eigenvalue weighted by molar-refractivity contribution is 5.96. The molecule has 0 radical (unpaired) electrons. The molecule has 1 aliphatic rings. The van der Waals surface area contributed by atoms with E-state index in [9.17, 15) is 10.1 Å². The molecular formula is C15H13N3O2. The van der Waals surface area contributed by atoms with Crippen molar-refractivity contribution in [2.75, 3.05) is 11.4 Å². The van der Waals surface area contributed by atoms with E-state index < -0.39 is 0 Å². The van der Waals surface area contributed by atoms with Crippen molar-refractivity contribution in [1.29, 1.82) is 5.26 Å². The van der Waals surface area contributed by atoms with Crippen molar-refractivity contribution in [3.63, 3.8) is 0 Å². The third-order valence-electron chi connectivity index (χ3n) is 3.29. The first-order valence-electron chi connectivity index (χ1n) is 6.34. The normalized spacial score (nSPS) is 18.3. The predicted octanol–water partition coefficient (Wildman–Crippen LogP) is 1.88. The zero-order valence-corrected chi connectivity index (χ0v) is 10.7. The summed E-state index contributed by atoms with van der Waals surface area (Å²) >= 11 is 0. The SMILES string of the molecule is N#Cc1cc(-c2ccccc2)oc1N1CC(N)CC1=O. The highest BCUT2D eigenvalue weighted by Gasteiger charge is 2.32. The Morgan fingerprint density at radius 2 is 2.10 bits per heavy atom. The maximum atomic E-state index is 11.9. The molecule has 100 valence electrons. The molecule has 0 bridgehead atoms. The molecule has 0 aliphatic carbocycles. The van der Waals surface area contributed by atoms with Crippen molar-refractivity contribution in [3.8, 4) is 17.4 Å². The van der Waals surface area contributed by atoms with E-state index in [1.165, 1.54) is 4.90 Å². The third-order valence-corrected chi connectivity index (χ3v) is 3.29. The van der Waals surface area contributed by atoms with E-state index in [2.05, 4.69) is 6.07 Å². The summed E-state index contributed by atoms with van der Waals surface area (Å²) in [5, 5.41) is 9.21. The van der Waals surface area contributed by atoms with Gasteiger partial charge < -0.3 is 10.2 Å². The first-order valence-corrected chi connectivity index (χ1v) is 6.34. The van der Waals surface area contributed by atoms with Crippen LogP contribution in [0.15, 0.2) is 40.8 Å². The maximum absolute atomic E-state index is 11.9. The molecule has 1 aromatic carbocycles. The minimum Gasteiger partial charge on any atom is -0.439 e. The van der Waals surface area contributed by atoms with E-state index in [1.54, 1.807) is 6.07 Å². The van der Waals surface area contributed by atoms with Gasteiger partial charge in [-0.05, 0) is 0 Å². The zero-order chi connectivity index (χ0) is 14.1. The van der Waals surface area contributed by atoms with Crippen LogP contribution in [0.5, 0.6) is 0 Å². The Kier molecular flexibility index (Phi) is 3.01. The number of nitrogens with zero attached hydrogens (tertiary/aromatic N) is 2. The monoisotopic (exact) mass is 267 g/mol. The average Bonchev–Trinajstić information content (AvgIpc) is 3.02. The quantitative estimate of drug-likeness (QED) is 0.900. The Hall–Kier alpha value is -2.58. The number of benzene rings is 1. The average molecular weight is 267 g/mol. The molecule has 2 N–H and O–H groups in total. The van der Waals surface area contributed by atoms with Crippen molar-refractivity contribution in [2.45, 2.75) is 12.5 Å². The topological polar surface area (TPSA) is 83.3 Å². The Labute approximate surface area is 116 Å². The van der Waals surface area contributed by atoms with Gasteiger partial charge in [0.25, 0.3) is 0 Å². The van der Waals surface area contributed by atoms with Gasteiger partial charge in [0.2, 0.25) is 11.8 Å². The highest BCUT2D eigenvalue weighted by atomic mass is 16.4. The van der Waals surface area contributed by atoms with Crippen LogP contribution < -0.4 is 10.6 Å². The van der Waals surface area contributed by atoms with Crippen LogP contribution in [-0.2, 0) is 4.79 Å². The van der Waals surface area contributed by atoms with E-state index in [0.717, 1.165) is 5.56 Å². The van der Waals surface area contributed by atoms with Crippen LogP contribution >= 0.6 is 0 Å². The van der Waals surface area contributed by atoms with Gasteiger partial charge in [-0.2, -0.15) is 5.26 Å². The van der Waals surface area contributed by atoms with Crippen LogP contribution in [0.25, 0.3) is 11.3 Å². The summed E-state index contributed by atoms with van der Waals surface area (Å²) in [7, 11) is 0. The van der Waals surface area contributed by atoms with E-state index in [4.69, 9.17) is 10.2 Å². The molecule has 1 fully saturated rings. The van der Waals surface area contributed by atoms with Gasteiger partial charge in [0.15, 0.2) is 0 Å². The van der Waals surface area contributed by atoms with Crippen molar-refractivity contribution < 1.29 is 9.21 Å². The summed E-state index contributed by atoms with van der Waals surface area (Å²) in [6.07, 6.45) is 0.284. The molecule has 1 saturated heterocycles. The second-order valence-corrected chi connectivity index (χ2v) is 4.78. The van der Waals surface area contributed by atoms with Crippen LogP contribution in [0.2, 0.25) is 0 Å². The Morgan fingerprint density at radius 1 is 1.35 bits per heavy atom. The summed E-state index contributed by atoms with van der Waals surface area (Å²) in [4.78, 5) is 13.3. The number of anilines is 1. The Bertz CT molecular complexity index is 685. The minimum absolute atomic E-state index is 0.108. The minimum atomic E-state index is -0.209. The van der Waals surface area contributed by atoms with Crippen molar-refractivity contribution >= 4 is 11.8 Å². The molecule has 2 aromatic rings. The zero-order valence-electron chi connectivity index (χ0n) is 10.7. The van der Waals surface area contributed by atoms with Gasteiger partial charge in [-0.15, -0.1) is 0 Å². The molecular weight excluding hydrogens is 254 g/mol. The molecule has 5 heteroatoms. The van der Waals surface area contributed by atoms with Crippen LogP contribution in [0.4, 0.5) is 5.88 Å². The largest absolute Gasteiger partial charge is 0.439 e. The van der Waals surface area contributed by atoms with Crippen molar-refractivity contribution in [2.24, 2.45) is 5.73 Å². The summed E-state index contributed by atoms with van der Waals surface area (Å²) in [5.41, 5.74) is 7.00. The lowest BCUT2D eigenvalue weighted by atomic mass is 10.1. The molecule has 3 rings (SSSR count). The van der Waals surface area contributed by atoms with Gasteiger partial charge in [-0.1, -0.05) is 30.3 Å².